The van der Waals surface area contributed by atoms with Crippen LogP contribution in [0.4, 0.5) is 16.3 Å². The van der Waals surface area contributed by atoms with Crippen molar-refractivity contribution in [2.75, 3.05) is 44.3 Å². The number of nitrogen functional groups attached to an aromatic ring is 1. The second kappa shape index (κ2) is 11.8. The molecule has 5 rings (SSSR count). The van der Waals surface area contributed by atoms with Gasteiger partial charge in [-0.05, 0) is 63.4 Å². The van der Waals surface area contributed by atoms with E-state index in [1.54, 1.807) is 6.33 Å². The lowest BCUT2D eigenvalue weighted by Gasteiger charge is -2.29. The molecular weight excluding hydrogens is 536 g/mol. The molecule has 0 saturated carbocycles. The largest absolute Gasteiger partial charge is 0.382 e. The van der Waals surface area contributed by atoms with Gasteiger partial charge >= 0.3 is 6.03 Å². The maximum Gasteiger partial charge on any atom is 0.319 e. The molecule has 4 heterocycles. The summed E-state index contributed by atoms with van der Waals surface area (Å²) >= 11 is 0. The van der Waals surface area contributed by atoms with Crippen LogP contribution in [0.1, 0.15) is 59.4 Å². The molecule has 2 fully saturated rings. The summed E-state index contributed by atoms with van der Waals surface area (Å²) in [5.74, 6) is -0.475. The number of anilines is 2. The van der Waals surface area contributed by atoms with Crippen LogP contribution in [-0.4, -0.2) is 81.7 Å². The molecule has 2 aliphatic heterocycles. The van der Waals surface area contributed by atoms with E-state index >= 15 is 0 Å². The highest BCUT2D eigenvalue weighted by atomic mass is 16.8. The first kappa shape index (κ1) is 30.1. The average Bonchev–Trinajstić information content (AvgIpc) is 3.57. The van der Waals surface area contributed by atoms with Gasteiger partial charge in [-0.3, -0.25) is 4.57 Å². The van der Waals surface area contributed by atoms with E-state index in [0.29, 0.717) is 36.7 Å². The van der Waals surface area contributed by atoms with Gasteiger partial charge in [0, 0.05) is 18.8 Å². The minimum atomic E-state index is -0.897. The van der Waals surface area contributed by atoms with E-state index in [1.807, 2.05) is 30.5 Å². The number of unbranched alkanes of at least 4 members (excludes halogenated alkanes) is 2. The van der Waals surface area contributed by atoms with Gasteiger partial charge in [-0.2, -0.15) is 0 Å². The Morgan fingerprint density at radius 1 is 1.14 bits per heavy atom. The van der Waals surface area contributed by atoms with Crippen LogP contribution < -0.4 is 16.4 Å². The van der Waals surface area contributed by atoms with Crippen molar-refractivity contribution in [1.82, 2.24) is 29.7 Å². The SMILES string of the molecule is CN(CCCCCNC(=O)Nc1ccc(C(C)(C)C)cc1)CC1OCC2(n3cnc4c(N)ncnc43)OC(C)(C)OC12. The third kappa shape index (κ3) is 6.36. The van der Waals surface area contributed by atoms with Gasteiger partial charge in [-0.1, -0.05) is 39.3 Å². The molecule has 0 bridgehead atoms. The maximum atomic E-state index is 12.3. The van der Waals surface area contributed by atoms with E-state index in [-0.39, 0.29) is 23.7 Å². The fourth-order valence-electron chi connectivity index (χ4n) is 5.74. The van der Waals surface area contributed by atoms with E-state index < -0.39 is 11.5 Å². The van der Waals surface area contributed by atoms with Gasteiger partial charge in [-0.25, -0.2) is 19.7 Å². The van der Waals surface area contributed by atoms with Gasteiger partial charge in [0.15, 0.2) is 17.3 Å². The van der Waals surface area contributed by atoms with Crippen molar-refractivity contribution >= 4 is 28.7 Å². The molecule has 2 saturated heterocycles. The number of ether oxygens (including phenoxy) is 3. The van der Waals surface area contributed by atoms with Crippen LogP contribution >= 0.6 is 0 Å². The summed E-state index contributed by atoms with van der Waals surface area (Å²) in [6.45, 7) is 12.8. The molecule has 2 amide bonds. The fraction of sp³-hybridized carbons (Fsp3) is 0.600. The molecular formula is C30H44N8O4. The highest BCUT2D eigenvalue weighted by Crippen LogP contribution is 2.47. The van der Waals surface area contributed by atoms with Gasteiger partial charge in [0.25, 0.3) is 0 Å². The molecule has 3 aromatic rings. The average molecular weight is 581 g/mol. The number of likely N-dealkylation sites (N-methyl/N-ethyl adjacent to an activating group) is 1. The van der Waals surface area contributed by atoms with Gasteiger partial charge in [0.05, 0.1) is 12.9 Å². The number of benzene rings is 1. The van der Waals surface area contributed by atoms with Crippen molar-refractivity contribution in [3.63, 3.8) is 0 Å². The Hall–Kier alpha value is -3.32. The first-order chi connectivity index (χ1) is 19.9. The monoisotopic (exact) mass is 580 g/mol. The zero-order valence-corrected chi connectivity index (χ0v) is 25.5. The smallest absolute Gasteiger partial charge is 0.319 e. The van der Waals surface area contributed by atoms with Crippen molar-refractivity contribution in [1.29, 1.82) is 0 Å². The van der Waals surface area contributed by atoms with Crippen LogP contribution in [0.2, 0.25) is 0 Å². The number of nitrogens with zero attached hydrogens (tertiary/aromatic N) is 5. The van der Waals surface area contributed by atoms with E-state index in [0.717, 1.165) is 31.5 Å². The zero-order valence-electron chi connectivity index (χ0n) is 25.5. The summed E-state index contributed by atoms with van der Waals surface area (Å²) in [5.41, 5.74) is 8.36. The summed E-state index contributed by atoms with van der Waals surface area (Å²) < 4.78 is 21.0. The third-order valence-electron chi connectivity index (χ3n) is 7.89. The Kier molecular flexibility index (Phi) is 8.44. The Labute approximate surface area is 247 Å². The molecule has 12 heteroatoms. The number of carbonyl (C=O) groups is 1. The minimum Gasteiger partial charge on any atom is -0.382 e. The number of urea groups is 1. The minimum absolute atomic E-state index is 0.0836. The van der Waals surface area contributed by atoms with Crippen LogP contribution in [0.3, 0.4) is 0 Å². The number of rotatable bonds is 10. The van der Waals surface area contributed by atoms with Crippen molar-refractivity contribution < 1.29 is 19.0 Å². The first-order valence-corrected chi connectivity index (χ1v) is 14.7. The lowest BCUT2D eigenvalue weighted by atomic mass is 9.87. The number of nitrogens with one attached hydrogen (secondary N) is 2. The number of amides is 2. The van der Waals surface area contributed by atoms with Gasteiger partial charge < -0.3 is 35.5 Å². The molecule has 0 spiro atoms. The van der Waals surface area contributed by atoms with Crippen molar-refractivity contribution in [2.24, 2.45) is 0 Å². The van der Waals surface area contributed by atoms with E-state index in [2.05, 4.69) is 70.4 Å². The number of carbonyl (C=O) groups excluding carboxylic acids is 1. The zero-order chi connectivity index (χ0) is 30.1. The summed E-state index contributed by atoms with van der Waals surface area (Å²) in [4.78, 5) is 27.4. The molecule has 2 aromatic heterocycles. The highest BCUT2D eigenvalue weighted by molar-refractivity contribution is 5.89. The Morgan fingerprint density at radius 3 is 2.64 bits per heavy atom. The van der Waals surface area contributed by atoms with E-state index in [1.165, 1.54) is 11.9 Å². The molecule has 228 valence electrons. The van der Waals surface area contributed by atoms with E-state index in [9.17, 15) is 4.79 Å². The van der Waals surface area contributed by atoms with Crippen molar-refractivity contribution in [3.05, 3.63) is 42.5 Å². The Balaban J connectivity index is 1.06. The van der Waals surface area contributed by atoms with E-state index in [4.69, 9.17) is 19.9 Å². The molecule has 12 nitrogen and oxygen atoms in total. The molecule has 0 radical (unpaired) electrons. The quantitative estimate of drug-likeness (QED) is 0.305. The summed E-state index contributed by atoms with van der Waals surface area (Å²) in [5, 5.41) is 5.86. The predicted octanol–water partition coefficient (Wildman–Crippen LogP) is 3.83. The number of nitrogens with two attached hydrogens (primary N) is 1. The topological polar surface area (TPSA) is 142 Å². The molecule has 0 aliphatic carbocycles. The van der Waals surface area contributed by atoms with Crippen LogP contribution in [0, 0.1) is 0 Å². The summed E-state index contributed by atoms with van der Waals surface area (Å²) in [7, 11) is 2.08. The second-order valence-corrected chi connectivity index (χ2v) is 12.8. The summed E-state index contributed by atoms with van der Waals surface area (Å²) in [6, 6.07) is 7.82. The first-order valence-electron chi connectivity index (χ1n) is 14.7. The molecule has 42 heavy (non-hydrogen) atoms. The lowest BCUT2D eigenvalue weighted by Crippen LogP contribution is -2.46. The lowest BCUT2D eigenvalue weighted by molar-refractivity contribution is -0.205. The van der Waals surface area contributed by atoms with Crippen LogP contribution in [-0.2, 0) is 25.4 Å². The molecule has 4 N–H and O–H groups in total. The standard InChI is InChI=1S/C30H44N8O4/c1-28(2,3)20-10-12-21(13-11-20)36-27(39)32-14-8-7-9-15-37(6)16-22-24-30(17-40-22,42-29(4,5)41-24)38-19-35-23-25(31)33-18-34-26(23)38/h10-13,18-19,22,24H,7-9,14-17H2,1-6H3,(H2,31,33,34)(H2,32,36,39). The molecule has 2 aliphatic rings. The van der Waals surface area contributed by atoms with Gasteiger partial charge in [0.1, 0.15) is 24.1 Å². The second-order valence-electron chi connectivity index (χ2n) is 12.8. The Bertz CT molecular complexity index is 1390. The predicted molar refractivity (Wildman–Crippen MR) is 161 cm³/mol. The number of hydrogen-bond donors (Lipinski definition) is 3. The van der Waals surface area contributed by atoms with Crippen LogP contribution in [0.5, 0.6) is 0 Å². The highest BCUT2D eigenvalue weighted by Gasteiger charge is 2.63. The number of fused-ring (bicyclic) bond motifs is 2. The molecule has 1 aromatic carbocycles. The Morgan fingerprint density at radius 2 is 1.90 bits per heavy atom. The molecule has 3 atom stereocenters. The number of hydrogen-bond acceptors (Lipinski definition) is 9. The number of imidazole rings is 1. The van der Waals surface area contributed by atoms with Crippen molar-refractivity contribution in [3.8, 4) is 0 Å². The fourth-order valence-corrected chi connectivity index (χ4v) is 5.74. The van der Waals surface area contributed by atoms with Crippen LogP contribution in [0.25, 0.3) is 11.2 Å². The van der Waals surface area contributed by atoms with Crippen molar-refractivity contribution in [2.45, 2.75) is 83.0 Å². The third-order valence-corrected chi connectivity index (χ3v) is 7.89. The molecule has 3 unspecified atom stereocenters. The normalized spacial score (nSPS) is 23.4. The van der Waals surface area contributed by atoms with Gasteiger partial charge in [-0.15, -0.1) is 0 Å². The maximum absolute atomic E-state index is 12.3. The summed E-state index contributed by atoms with van der Waals surface area (Å²) in [6.07, 6.45) is 5.46. The number of aromatic nitrogens is 4. The van der Waals surface area contributed by atoms with Gasteiger partial charge in [0.2, 0.25) is 5.72 Å². The van der Waals surface area contributed by atoms with Crippen LogP contribution in [0.15, 0.2) is 36.9 Å².